The average Bonchev–Trinajstić information content (AvgIpc) is 2.88. The minimum absolute atomic E-state index is 0. The number of hydrogen-bond acceptors (Lipinski definition) is 5. The lowest BCUT2D eigenvalue weighted by molar-refractivity contribution is 0.125. The fourth-order valence-electron chi connectivity index (χ4n) is 5.06. The van der Waals surface area contributed by atoms with Crippen LogP contribution in [0.4, 0.5) is 0 Å². The van der Waals surface area contributed by atoms with Gasteiger partial charge in [-0.25, -0.2) is 0 Å². The number of rotatable bonds is 4. The first-order valence-corrected chi connectivity index (χ1v) is 10.9. The zero-order valence-electron chi connectivity index (χ0n) is 17.3. The third kappa shape index (κ3) is 5.82. The molecule has 6 nitrogen and oxygen atoms in total. The maximum absolute atomic E-state index is 4.62. The molecule has 8 heteroatoms. The Balaban J connectivity index is 0.00000140. The Morgan fingerprint density at radius 3 is 2.14 bits per heavy atom. The van der Waals surface area contributed by atoms with Crippen molar-refractivity contribution in [2.24, 2.45) is 7.05 Å². The molecule has 1 aromatic heterocycles. The molecule has 0 bridgehead atoms. The predicted molar refractivity (Wildman–Crippen MR) is 119 cm³/mol. The summed E-state index contributed by atoms with van der Waals surface area (Å²) in [4.78, 5) is 5.30. The van der Waals surface area contributed by atoms with E-state index in [9.17, 15) is 0 Å². The van der Waals surface area contributed by atoms with Gasteiger partial charge in [0, 0.05) is 19.0 Å². The first kappa shape index (κ1) is 23.9. The monoisotopic (exact) mass is 432 g/mol. The lowest BCUT2D eigenvalue weighted by atomic mass is 9.93. The zero-order valence-corrected chi connectivity index (χ0v) is 18.9. The summed E-state index contributed by atoms with van der Waals surface area (Å²) >= 11 is 0. The molecule has 0 radical (unpaired) electrons. The minimum Gasteiger partial charge on any atom is -0.317 e. The van der Waals surface area contributed by atoms with E-state index in [0.717, 1.165) is 18.4 Å². The Morgan fingerprint density at radius 1 is 0.857 bits per heavy atom. The maximum atomic E-state index is 4.62. The normalized spacial score (nSPS) is 23.6. The van der Waals surface area contributed by atoms with Crippen LogP contribution in [0.1, 0.15) is 68.9 Å². The number of aromatic nitrogens is 3. The second kappa shape index (κ2) is 11.7. The van der Waals surface area contributed by atoms with Crippen molar-refractivity contribution >= 4 is 24.8 Å². The molecule has 0 amide bonds. The van der Waals surface area contributed by atoms with Crippen LogP contribution < -0.4 is 5.32 Å². The van der Waals surface area contributed by atoms with Gasteiger partial charge in [-0.2, -0.15) is 0 Å². The van der Waals surface area contributed by atoms with Gasteiger partial charge in [-0.15, -0.1) is 35.0 Å². The van der Waals surface area contributed by atoms with Crippen molar-refractivity contribution in [3.05, 3.63) is 11.6 Å². The number of hydrogen-bond donors (Lipinski definition) is 1. The number of nitrogens with one attached hydrogen (secondary N) is 1. The summed E-state index contributed by atoms with van der Waals surface area (Å²) in [5, 5.41) is 12.7. The van der Waals surface area contributed by atoms with Gasteiger partial charge in [0.15, 0.2) is 0 Å². The predicted octanol–water partition coefficient (Wildman–Crippen LogP) is 2.97. The lowest BCUT2D eigenvalue weighted by Gasteiger charge is -2.39. The van der Waals surface area contributed by atoms with Crippen LogP contribution in [0.3, 0.4) is 0 Å². The quantitative estimate of drug-likeness (QED) is 0.791. The molecule has 3 aliphatic rings. The summed E-state index contributed by atoms with van der Waals surface area (Å²) in [6.45, 7) is 8.24. The van der Waals surface area contributed by atoms with E-state index in [2.05, 4.69) is 36.9 Å². The summed E-state index contributed by atoms with van der Waals surface area (Å²) in [5.74, 6) is 2.96. The highest BCUT2D eigenvalue weighted by Crippen LogP contribution is 2.29. The van der Waals surface area contributed by atoms with Crippen LogP contribution in [0.5, 0.6) is 0 Å². The summed E-state index contributed by atoms with van der Waals surface area (Å²) in [6.07, 6.45) is 10.5. The molecule has 1 aromatic rings. The molecule has 0 aliphatic carbocycles. The smallest absolute Gasteiger partial charge is 0.146 e. The van der Waals surface area contributed by atoms with Crippen molar-refractivity contribution in [1.29, 1.82) is 0 Å². The maximum Gasteiger partial charge on any atom is 0.146 e. The van der Waals surface area contributed by atoms with E-state index < -0.39 is 0 Å². The fraction of sp³-hybridized carbons (Fsp3) is 0.900. The number of piperidine rings is 2. The third-order valence-electron chi connectivity index (χ3n) is 6.78. The lowest BCUT2D eigenvalue weighted by Crippen LogP contribution is -2.46. The van der Waals surface area contributed by atoms with Crippen molar-refractivity contribution < 1.29 is 0 Å². The standard InChI is InChI=1S/C20H36N6.2ClH/c1-24-19(16-25-12-4-2-3-5-13-25)22-23-20(24)17-8-14-26(15-9-17)18-6-10-21-11-7-18;;/h17-18,21H,2-16H2,1H3;2*1H. The molecule has 162 valence electrons. The van der Waals surface area contributed by atoms with Gasteiger partial charge in [0.25, 0.3) is 0 Å². The molecular weight excluding hydrogens is 395 g/mol. The minimum atomic E-state index is 0. The third-order valence-corrected chi connectivity index (χ3v) is 6.78. The molecule has 0 atom stereocenters. The van der Waals surface area contributed by atoms with E-state index in [-0.39, 0.29) is 24.8 Å². The molecule has 0 unspecified atom stereocenters. The van der Waals surface area contributed by atoms with Crippen molar-refractivity contribution in [1.82, 2.24) is 29.9 Å². The van der Waals surface area contributed by atoms with Gasteiger partial charge >= 0.3 is 0 Å². The molecule has 3 fully saturated rings. The fourth-order valence-corrected chi connectivity index (χ4v) is 5.06. The Bertz CT molecular complexity index is 559. The molecule has 0 spiro atoms. The van der Waals surface area contributed by atoms with E-state index in [4.69, 9.17) is 0 Å². The van der Waals surface area contributed by atoms with Gasteiger partial charge in [0.05, 0.1) is 6.54 Å². The van der Waals surface area contributed by atoms with Gasteiger partial charge in [-0.3, -0.25) is 4.90 Å². The Morgan fingerprint density at radius 2 is 1.50 bits per heavy atom. The highest BCUT2D eigenvalue weighted by Gasteiger charge is 2.29. The van der Waals surface area contributed by atoms with Crippen molar-refractivity contribution in [2.45, 2.75) is 69.9 Å². The van der Waals surface area contributed by atoms with Crippen LogP contribution in [0.25, 0.3) is 0 Å². The second-order valence-electron chi connectivity index (χ2n) is 8.52. The van der Waals surface area contributed by atoms with Crippen LogP contribution in [0.2, 0.25) is 0 Å². The second-order valence-corrected chi connectivity index (χ2v) is 8.52. The largest absolute Gasteiger partial charge is 0.317 e. The SMILES string of the molecule is Cl.Cl.Cn1c(CN2CCCCCC2)nnc1C1CCN(C2CCNCC2)CC1. The number of likely N-dealkylation sites (tertiary alicyclic amines) is 2. The molecule has 0 saturated carbocycles. The molecule has 28 heavy (non-hydrogen) atoms. The van der Waals surface area contributed by atoms with Gasteiger partial charge in [0.1, 0.15) is 11.6 Å². The molecule has 4 rings (SSSR count). The van der Waals surface area contributed by atoms with E-state index in [1.807, 2.05) is 0 Å². The average molecular weight is 433 g/mol. The molecule has 0 aromatic carbocycles. The van der Waals surface area contributed by atoms with E-state index in [1.165, 1.54) is 96.5 Å². The molecule has 4 heterocycles. The number of nitrogens with zero attached hydrogens (tertiary/aromatic N) is 5. The first-order valence-electron chi connectivity index (χ1n) is 10.9. The van der Waals surface area contributed by atoms with E-state index in [0.29, 0.717) is 5.92 Å². The van der Waals surface area contributed by atoms with Crippen LogP contribution in [0.15, 0.2) is 0 Å². The molecular formula is C20H38Cl2N6. The molecule has 1 N–H and O–H groups in total. The Labute approximate surface area is 182 Å². The molecule has 3 saturated heterocycles. The van der Waals surface area contributed by atoms with Crippen LogP contribution in [-0.2, 0) is 13.6 Å². The summed E-state index contributed by atoms with van der Waals surface area (Å²) < 4.78 is 2.30. The summed E-state index contributed by atoms with van der Waals surface area (Å²) in [6, 6.07) is 0.801. The molecule has 3 aliphatic heterocycles. The highest BCUT2D eigenvalue weighted by atomic mass is 35.5. The van der Waals surface area contributed by atoms with Gasteiger partial charge in [-0.1, -0.05) is 12.8 Å². The van der Waals surface area contributed by atoms with Crippen molar-refractivity contribution in [3.8, 4) is 0 Å². The van der Waals surface area contributed by atoms with Crippen LogP contribution >= 0.6 is 24.8 Å². The summed E-state index contributed by atoms with van der Waals surface area (Å²) in [7, 11) is 2.18. The highest BCUT2D eigenvalue weighted by molar-refractivity contribution is 5.85. The topological polar surface area (TPSA) is 49.2 Å². The van der Waals surface area contributed by atoms with Crippen LogP contribution in [0, 0.1) is 0 Å². The van der Waals surface area contributed by atoms with Gasteiger partial charge < -0.3 is 14.8 Å². The van der Waals surface area contributed by atoms with Crippen molar-refractivity contribution in [2.75, 3.05) is 39.3 Å². The first-order chi connectivity index (χ1) is 12.8. The Hall–Kier alpha value is -0.400. The Kier molecular flexibility index (Phi) is 9.98. The van der Waals surface area contributed by atoms with E-state index in [1.54, 1.807) is 0 Å². The van der Waals surface area contributed by atoms with Crippen LogP contribution in [-0.4, -0.2) is 69.9 Å². The van der Waals surface area contributed by atoms with Gasteiger partial charge in [0.2, 0.25) is 0 Å². The summed E-state index contributed by atoms with van der Waals surface area (Å²) in [5.41, 5.74) is 0. The van der Waals surface area contributed by atoms with Gasteiger partial charge in [-0.05, 0) is 77.8 Å². The van der Waals surface area contributed by atoms with Crippen molar-refractivity contribution in [3.63, 3.8) is 0 Å². The van der Waals surface area contributed by atoms with E-state index >= 15 is 0 Å². The number of halogens is 2. The zero-order chi connectivity index (χ0) is 17.8.